The number of amides is 3. The molecule has 3 aliphatic carbocycles. The zero-order valence-corrected chi connectivity index (χ0v) is 24.0. The van der Waals surface area contributed by atoms with Crippen LogP contribution in [0.25, 0.3) is 0 Å². The van der Waals surface area contributed by atoms with Crippen LogP contribution in [0.1, 0.15) is 28.2 Å². The van der Waals surface area contributed by atoms with Crippen molar-refractivity contribution in [3.8, 4) is 11.5 Å². The lowest BCUT2D eigenvalue weighted by atomic mass is 9.47. The number of anilines is 2. The minimum atomic E-state index is -1.10. The normalized spacial score (nSPS) is 23.8. The Morgan fingerprint density at radius 1 is 0.909 bits per heavy atom. The quantitative estimate of drug-likeness (QED) is 0.185. The molecule has 2 heterocycles. The van der Waals surface area contributed by atoms with Crippen LogP contribution >= 0.6 is 11.6 Å². The number of benzene rings is 4. The number of nitrogens with zero attached hydrogens (tertiary/aromatic N) is 2. The highest BCUT2D eigenvalue weighted by molar-refractivity contribution is 6.36. The van der Waals surface area contributed by atoms with Gasteiger partial charge >= 0.3 is 0 Å². The Balaban J connectivity index is 1.17. The molecule has 2 bridgehead atoms. The number of fused-ring (bicyclic) bond motifs is 1. The highest BCUT2D eigenvalue weighted by Gasteiger charge is 2.68. The van der Waals surface area contributed by atoms with Crippen molar-refractivity contribution >= 4 is 46.9 Å². The van der Waals surface area contributed by atoms with Gasteiger partial charge in [-0.3, -0.25) is 14.4 Å². The minimum absolute atomic E-state index is 0.0526. The van der Waals surface area contributed by atoms with Crippen molar-refractivity contribution in [2.75, 3.05) is 23.6 Å². The molecule has 4 aromatic carbocycles. The van der Waals surface area contributed by atoms with Crippen molar-refractivity contribution in [2.45, 2.75) is 11.3 Å². The monoisotopic (exact) mass is 604 g/mol. The van der Waals surface area contributed by atoms with Gasteiger partial charge in [-0.25, -0.2) is 10.3 Å². The molecule has 1 fully saturated rings. The van der Waals surface area contributed by atoms with Crippen molar-refractivity contribution in [3.63, 3.8) is 0 Å². The molecule has 5 aliphatic rings. The Bertz CT molecular complexity index is 1860. The fraction of sp³-hybridized carbons (Fsp3) is 0.176. The summed E-state index contributed by atoms with van der Waals surface area (Å²) in [5.41, 5.74) is 6.30. The second-order valence-electron chi connectivity index (χ2n) is 11.2. The van der Waals surface area contributed by atoms with Gasteiger partial charge in [0.25, 0.3) is 5.91 Å². The predicted molar refractivity (Wildman–Crippen MR) is 164 cm³/mol. The van der Waals surface area contributed by atoms with Gasteiger partial charge in [0, 0.05) is 23.9 Å². The molecule has 1 saturated heterocycles. The molecule has 4 aromatic rings. The first kappa shape index (κ1) is 26.5. The summed E-state index contributed by atoms with van der Waals surface area (Å²) in [6.45, 7) is 0.109. The van der Waals surface area contributed by atoms with Gasteiger partial charge in [-0.15, -0.1) is 0 Å². The summed E-state index contributed by atoms with van der Waals surface area (Å²) in [6, 6.07) is 27.9. The first-order valence-electron chi connectivity index (χ1n) is 14.3. The maximum atomic E-state index is 14.4. The molecule has 0 aromatic heterocycles. The summed E-state index contributed by atoms with van der Waals surface area (Å²) in [5, 5.41) is 7.83. The molecule has 0 unspecified atom stereocenters. The lowest BCUT2D eigenvalue weighted by Crippen LogP contribution is -2.54. The number of carbonyl (C=O) groups excluding carboxylic acids is 3. The summed E-state index contributed by atoms with van der Waals surface area (Å²) < 4.78 is 10.7. The second kappa shape index (κ2) is 9.96. The van der Waals surface area contributed by atoms with E-state index in [4.69, 9.17) is 21.1 Å². The molecule has 0 spiro atoms. The van der Waals surface area contributed by atoms with Crippen LogP contribution in [0.5, 0.6) is 11.5 Å². The fourth-order valence-corrected chi connectivity index (χ4v) is 7.57. The van der Waals surface area contributed by atoms with Crippen LogP contribution in [-0.2, 0) is 19.8 Å². The van der Waals surface area contributed by atoms with E-state index in [2.05, 4.69) is 15.8 Å². The van der Waals surface area contributed by atoms with E-state index in [-0.39, 0.29) is 37.0 Å². The van der Waals surface area contributed by atoms with Crippen molar-refractivity contribution in [3.05, 3.63) is 118 Å². The van der Waals surface area contributed by atoms with E-state index in [9.17, 15) is 14.4 Å². The van der Waals surface area contributed by atoms with E-state index in [1.807, 2.05) is 48.5 Å². The van der Waals surface area contributed by atoms with E-state index >= 15 is 0 Å². The molecule has 2 atom stereocenters. The number of ether oxygens (including phenoxy) is 2. The summed E-state index contributed by atoms with van der Waals surface area (Å²) in [7, 11) is 0. The van der Waals surface area contributed by atoms with Crippen molar-refractivity contribution in [2.24, 2.45) is 16.9 Å². The van der Waals surface area contributed by atoms with Gasteiger partial charge in [0.15, 0.2) is 11.5 Å². The molecule has 9 nitrogen and oxygen atoms in total. The van der Waals surface area contributed by atoms with Gasteiger partial charge in [0.1, 0.15) is 0 Å². The lowest BCUT2D eigenvalue weighted by molar-refractivity contribution is -0.122. The summed E-state index contributed by atoms with van der Waals surface area (Å²) in [4.78, 5) is 42.8. The first-order valence-corrected chi connectivity index (χ1v) is 14.6. The average molecular weight is 605 g/mol. The van der Waals surface area contributed by atoms with Crippen molar-refractivity contribution < 1.29 is 23.9 Å². The lowest BCUT2D eigenvalue weighted by Gasteiger charge is -2.52. The molecule has 9 rings (SSSR count). The van der Waals surface area contributed by atoms with Gasteiger partial charge in [-0.2, -0.15) is 5.10 Å². The summed E-state index contributed by atoms with van der Waals surface area (Å²) in [5.74, 6) is -1.53. The Morgan fingerprint density at radius 3 is 2.34 bits per heavy atom. The molecule has 10 heteroatoms. The third-order valence-corrected chi connectivity index (χ3v) is 9.38. The van der Waals surface area contributed by atoms with Gasteiger partial charge in [0.05, 0.1) is 34.5 Å². The second-order valence-corrected chi connectivity index (χ2v) is 11.6. The van der Waals surface area contributed by atoms with Gasteiger partial charge in [-0.1, -0.05) is 72.3 Å². The fourth-order valence-electron chi connectivity index (χ4n) is 7.35. The number of imide groups is 1. The number of hydrazone groups is 1. The predicted octanol–water partition coefficient (Wildman–Crippen LogP) is 4.83. The Morgan fingerprint density at radius 2 is 1.59 bits per heavy atom. The minimum Gasteiger partial charge on any atom is -0.454 e. The smallest absolute Gasteiger partial charge is 0.259 e. The SMILES string of the molecule is O=C(CNc1ccc2c(c1)OCO2)N/N=C/C12c3ccccc3C(c3ccccc31)[C@H]1C(=O)N(c3ccccc3Cl)C(=O)[C@@H]12. The molecule has 0 saturated carbocycles. The van der Waals surface area contributed by atoms with Crippen molar-refractivity contribution in [1.82, 2.24) is 5.43 Å². The highest BCUT2D eigenvalue weighted by Crippen LogP contribution is 2.63. The maximum absolute atomic E-state index is 14.4. The number of halogens is 1. The number of carbonyl (C=O) groups is 3. The molecule has 3 amide bonds. The van der Waals surface area contributed by atoms with Crippen LogP contribution in [0.15, 0.2) is 96.1 Å². The first-order chi connectivity index (χ1) is 21.5. The summed E-state index contributed by atoms with van der Waals surface area (Å²) >= 11 is 6.51. The van der Waals surface area contributed by atoms with E-state index in [1.54, 1.807) is 48.7 Å². The van der Waals surface area contributed by atoms with E-state index in [0.29, 0.717) is 27.9 Å². The molecule has 44 heavy (non-hydrogen) atoms. The Labute approximate surface area is 257 Å². The average Bonchev–Trinajstić information content (AvgIpc) is 3.62. The van der Waals surface area contributed by atoms with Gasteiger partial charge in [0.2, 0.25) is 18.6 Å². The molecule has 218 valence electrons. The molecular formula is C34H25ClN4O5. The maximum Gasteiger partial charge on any atom is 0.259 e. The van der Waals surface area contributed by atoms with Crippen LogP contribution in [-0.4, -0.2) is 37.3 Å². The van der Waals surface area contributed by atoms with Crippen LogP contribution in [0.4, 0.5) is 11.4 Å². The zero-order chi connectivity index (χ0) is 30.0. The van der Waals surface area contributed by atoms with E-state index in [0.717, 1.165) is 22.3 Å². The van der Waals surface area contributed by atoms with E-state index < -0.39 is 17.3 Å². The number of nitrogens with one attached hydrogen (secondary N) is 2. The zero-order valence-electron chi connectivity index (χ0n) is 23.2. The molecular weight excluding hydrogens is 580 g/mol. The number of para-hydroxylation sites is 1. The Kier molecular flexibility index (Phi) is 5.99. The van der Waals surface area contributed by atoms with E-state index in [1.165, 1.54) is 4.90 Å². The molecule has 2 N–H and O–H groups in total. The van der Waals surface area contributed by atoms with Crippen LogP contribution in [0, 0.1) is 11.8 Å². The van der Waals surface area contributed by atoms with Crippen molar-refractivity contribution in [1.29, 1.82) is 0 Å². The molecule has 2 aliphatic heterocycles. The third-order valence-electron chi connectivity index (χ3n) is 9.06. The van der Waals surface area contributed by atoms with Gasteiger partial charge < -0.3 is 14.8 Å². The molecule has 0 radical (unpaired) electrons. The standard InChI is InChI=1S/C34H25ClN4O5/c35-24-11-5-6-12-25(24)39-32(41)30-29-20-7-1-3-9-22(20)34(31(30)33(39)42,23-10-4-2-8-21(23)29)17-37-38-28(40)16-36-19-13-14-26-27(15-19)44-18-43-26/h1-15,17,29-31,36H,16,18H2,(H,38,40)/b37-17+/t29?,30-,31-,34?/m1/s1. The van der Waals surface area contributed by atoms with Crippen LogP contribution < -0.4 is 25.1 Å². The Hall–Kier alpha value is -5.15. The number of rotatable bonds is 6. The number of hydrogen-bond acceptors (Lipinski definition) is 7. The highest BCUT2D eigenvalue weighted by atomic mass is 35.5. The summed E-state index contributed by atoms with van der Waals surface area (Å²) in [6.07, 6.45) is 1.64. The topological polar surface area (TPSA) is 109 Å². The van der Waals surface area contributed by atoms with Crippen LogP contribution in [0.3, 0.4) is 0 Å². The third kappa shape index (κ3) is 3.72. The van der Waals surface area contributed by atoms with Gasteiger partial charge in [-0.05, 0) is 46.5 Å². The number of hydrogen-bond donors (Lipinski definition) is 2. The van der Waals surface area contributed by atoms with Crippen LogP contribution in [0.2, 0.25) is 5.02 Å². The largest absolute Gasteiger partial charge is 0.454 e.